The fraction of sp³-hybridized carbons (Fsp3) is 0.611. The van der Waals surface area contributed by atoms with E-state index in [0.717, 1.165) is 24.8 Å². The number of hydrogen-bond acceptors (Lipinski definition) is 2. The molecule has 1 aromatic carbocycles. The normalized spacial score (nSPS) is 12.2. The Kier molecular flexibility index (Phi) is 5.94. The van der Waals surface area contributed by atoms with E-state index in [1.807, 2.05) is 26.2 Å². The van der Waals surface area contributed by atoms with E-state index in [4.69, 9.17) is 0 Å². The van der Waals surface area contributed by atoms with Crippen LogP contribution in [0.1, 0.15) is 56.5 Å². The van der Waals surface area contributed by atoms with Gasteiger partial charge in [0.15, 0.2) is 5.78 Å². The van der Waals surface area contributed by atoms with Crippen molar-refractivity contribution >= 4 is 5.78 Å². The molecular weight excluding hydrogens is 246 g/mol. The number of hydrogen-bond donors (Lipinski definition) is 0. The first-order chi connectivity index (χ1) is 9.37. The third-order valence-electron chi connectivity index (χ3n) is 4.28. The van der Waals surface area contributed by atoms with E-state index in [9.17, 15) is 4.79 Å². The Balaban J connectivity index is 3.13. The molecule has 0 spiro atoms. The van der Waals surface area contributed by atoms with Gasteiger partial charge in [-0.15, -0.1) is 0 Å². The predicted octanol–water partition coefficient (Wildman–Crippen LogP) is 4.19. The molecule has 1 rings (SSSR count). The third kappa shape index (κ3) is 3.49. The van der Waals surface area contributed by atoms with Gasteiger partial charge in [-0.2, -0.15) is 0 Å². The molecule has 0 aliphatic heterocycles. The fourth-order valence-corrected chi connectivity index (χ4v) is 2.99. The van der Waals surface area contributed by atoms with Crippen LogP contribution in [0.4, 0.5) is 0 Å². The van der Waals surface area contributed by atoms with Crippen molar-refractivity contribution < 1.29 is 4.79 Å². The van der Waals surface area contributed by atoms with Gasteiger partial charge < -0.3 is 0 Å². The highest BCUT2D eigenvalue weighted by Crippen LogP contribution is 2.27. The molecule has 0 atom stereocenters. The van der Waals surface area contributed by atoms with Crippen LogP contribution in [0, 0.1) is 5.92 Å². The van der Waals surface area contributed by atoms with Crippen molar-refractivity contribution in [2.75, 3.05) is 14.1 Å². The summed E-state index contributed by atoms with van der Waals surface area (Å²) in [6, 6.07) is 8.16. The van der Waals surface area contributed by atoms with Crippen LogP contribution in [0.2, 0.25) is 0 Å². The minimum absolute atomic E-state index is 0.248. The second-order valence-electron chi connectivity index (χ2n) is 6.26. The highest BCUT2D eigenvalue weighted by molar-refractivity contribution is 6.03. The van der Waals surface area contributed by atoms with E-state index >= 15 is 0 Å². The average Bonchev–Trinajstić information content (AvgIpc) is 2.39. The van der Waals surface area contributed by atoms with E-state index in [-0.39, 0.29) is 11.3 Å². The van der Waals surface area contributed by atoms with Crippen LogP contribution in [0.3, 0.4) is 0 Å². The third-order valence-corrected chi connectivity index (χ3v) is 4.28. The zero-order valence-electron chi connectivity index (χ0n) is 13.9. The number of carbonyl (C=O) groups excluding carboxylic acids is 1. The maximum Gasteiger partial charge on any atom is 0.183 e. The molecule has 2 nitrogen and oxygen atoms in total. The minimum atomic E-state index is -0.379. The summed E-state index contributed by atoms with van der Waals surface area (Å²) < 4.78 is 0. The summed E-state index contributed by atoms with van der Waals surface area (Å²) in [5, 5.41) is 0. The van der Waals surface area contributed by atoms with Crippen LogP contribution in [0.25, 0.3) is 0 Å². The lowest BCUT2D eigenvalue weighted by atomic mass is 9.82. The lowest BCUT2D eigenvalue weighted by Crippen LogP contribution is -2.50. The van der Waals surface area contributed by atoms with Gasteiger partial charge in [-0.1, -0.05) is 45.9 Å². The molecule has 0 aliphatic rings. The molecule has 20 heavy (non-hydrogen) atoms. The topological polar surface area (TPSA) is 20.3 Å². The molecule has 0 heterocycles. The largest absolute Gasteiger partial charge is 0.297 e. The van der Waals surface area contributed by atoms with E-state index in [1.165, 1.54) is 5.56 Å². The molecular formula is C18H29NO. The standard InChI is InChI=1S/C18H29NO/c1-7-18(8-2,19(5)6)17(20)16-11-9-10-15(13-16)12-14(3)4/h9-11,13-14H,7-8,12H2,1-6H3. The smallest absolute Gasteiger partial charge is 0.183 e. The number of ketones is 1. The quantitative estimate of drug-likeness (QED) is 0.695. The van der Waals surface area contributed by atoms with Crippen LogP contribution in [-0.4, -0.2) is 30.3 Å². The molecule has 0 bridgehead atoms. The molecule has 1 aromatic rings. The summed E-state index contributed by atoms with van der Waals surface area (Å²) in [7, 11) is 4.01. The molecule has 0 saturated carbocycles. The van der Waals surface area contributed by atoms with Crippen molar-refractivity contribution in [3.05, 3.63) is 35.4 Å². The van der Waals surface area contributed by atoms with Gasteiger partial charge in [0.2, 0.25) is 0 Å². The number of benzene rings is 1. The lowest BCUT2D eigenvalue weighted by Gasteiger charge is -2.37. The van der Waals surface area contributed by atoms with Gasteiger partial charge in [0.1, 0.15) is 0 Å². The van der Waals surface area contributed by atoms with Crippen LogP contribution < -0.4 is 0 Å². The Morgan fingerprint density at radius 1 is 1.20 bits per heavy atom. The highest BCUT2D eigenvalue weighted by Gasteiger charge is 2.37. The zero-order chi connectivity index (χ0) is 15.3. The SMILES string of the molecule is CCC(CC)(C(=O)c1cccc(CC(C)C)c1)N(C)C. The molecule has 0 aliphatic carbocycles. The Hall–Kier alpha value is -1.15. The number of carbonyl (C=O) groups is 1. The second kappa shape index (κ2) is 7.03. The molecule has 0 saturated heterocycles. The zero-order valence-corrected chi connectivity index (χ0v) is 13.9. The predicted molar refractivity (Wildman–Crippen MR) is 86.3 cm³/mol. The molecule has 0 radical (unpaired) electrons. The lowest BCUT2D eigenvalue weighted by molar-refractivity contribution is 0.0656. The van der Waals surface area contributed by atoms with Gasteiger partial charge in [-0.25, -0.2) is 0 Å². The van der Waals surface area contributed by atoms with Gasteiger partial charge in [0.25, 0.3) is 0 Å². The van der Waals surface area contributed by atoms with Crippen molar-refractivity contribution in [3.63, 3.8) is 0 Å². The summed E-state index contributed by atoms with van der Waals surface area (Å²) in [6.45, 7) is 8.60. The number of Topliss-reactive ketones (excluding diaryl/α,β-unsaturated/α-hetero) is 1. The molecule has 0 unspecified atom stereocenters. The van der Waals surface area contributed by atoms with Crippen LogP contribution >= 0.6 is 0 Å². The van der Waals surface area contributed by atoms with Crippen LogP contribution in [0.5, 0.6) is 0 Å². The van der Waals surface area contributed by atoms with Crippen LogP contribution in [0.15, 0.2) is 24.3 Å². The Morgan fingerprint density at radius 3 is 2.25 bits per heavy atom. The summed E-state index contributed by atoms with van der Waals surface area (Å²) in [4.78, 5) is 15.0. The first kappa shape index (κ1) is 16.9. The molecule has 0 fully saturated rings. The van der Waals surface area contributed by atoms with E-state index in [2.05, 4.69) is 44.7 Å². The summed E-state index contributed by atoms with van der Waals surface area (Å²) >= 11 is 0. The number of rotatable bonds is 7. The Bertz CT molecular complexity index is 444. The van der Waals surface area contributed by atoms with Crippen molar-refractivity contribution in [3.8, 4) is 0 Å². The van der Waals surface area contributed by atoms with Crippen molar-refractivity contribution in [1.82, 2.24) is 4.90 Å². The summed E-state index contributed by atoms with van der Waals surface area (Å²) in [5.41, 5.74) is 1.72. The second-order valence-corrected chi connectivity index (χ2v) is 6.26. The van der Waals surface area contributed by atoms with E-state index in [1.54, 1.807) is 0 Å². The Labute approximate surface area is 124 Å². The average molecular weight is 275 g/mol. The fourth-order valence-electron chi connectivity index (χ4n) is 2.99. The van der Waals surface area contributed by atoms with Crippen LogP contribution in [-0.2, 0) is 6.42 Å². The van der Waals surface area contributed by atoms with E-state index in [0.29, 0.717) is 5.92 Å². The van der Waals surface area contributed by atoms with Gasteiger partial charge in [0, 0.05) is 5.56 Å². The molecule has 0 aromatic heterocycles. The van der Waals surface area contributed by atoms with Gasteiger partial charge >= 0.3 is 0 Å². The first-order valence-electron chi connectivity index (χ1n) is 7.68. The van der Waals surface area contributed by atoms with Crippen molar-refractivity contribution in [2.45, 2.75) is 52.5 Å². The Morgan fingerprint density at radius 2 is 1.80 bits per heavy atom. The number of nitrogens with zero attached hydrogens (tertiary/aromatic N) is 1. The molecule has 112 valence electrons. The molecule has 0 amide bonds. The minimum Gasteiger partial charge on any atom is -0.297 e. The van der Waals surface area contributed by atoms with Gasteiger partial charge in [0.05, 0.1) is 5.54 Å². The van der Waals surface area contributed by atoms with Crippen molar-refractivity contribution in [2.24, 2.45) is 5.92 Å². The summed E-state index contributed by atoms with van der Waals surface area (Å²) in [5.74, 6) is 0.856. The molecule has 2 heteroatoms. The summed E-state index contributed by atoms with van der Waals surface area (Å²) in [6.07, 6.45) is 2.70. The highest BCUT2D eigenvalue weighted by atomic mass is 16.1. The van der Waals surface area contributed by atoms with E-state index < -0.39 is 0 Å². The first-order valence-corrected chi connectivity index (χ1v) is 7.68. The van der Waals surface area contributed by atoms with Gasteiger partial charge in [-0.3, -0.25) is 9.69 Å². The van der Waals surface area contributed by atoms with Crippen molar-refractivity contribution in [1.29, 1.82) is 0 Å². The number of likely N-dealkylation sites (N-methyl/N-ethyl adjacent to an activating group) is 1. The van der Waals surface area contributed by atoms with Gasteiger partial charge in [-0.05, 0) is 50.9 Å². The maximum atomic E-state index is 13.0. The monoisotopic (exact) mass is 275 g/mol. The maximum absolute atomic E-state index is 13.0. The molecule has 0 N–H and O–H groups in total.